The molecule has 0 spiro atoms. The van der Waals surface area contributed by atoms with Gasteiger partial charge in [0, 0.05) is 28.2 Å². The molecule has 4 aromatic rings. The van der Waals surface area contributed by atoms with Gasteiger partial charge in [-0.15, -0.1) is 0 Å². The van der Waals surface area contributed by atoms with Crippen LogP contribution in [0.1, 0.15) is 34.0 Å². The molecule has 156 valence electrons. The van der Waals surface area contributed by atoms with Crippen molar-refractivity contribution in [3.63, 3.8) is 0 Å². The van der Waals surface area contributed by atoms with E-state index in [0.29, 0.717) is 16.9 Å². The van der Waals surface area contributed by atoms with Crippen molar-refractivity contribution in [2.75, 3.05) is 6.61 Å². The Labute approximate surface area is 180 Å². The number of para-hydroxylation sites is 1. The fourth-order valence-corrected chi connectivity index (χ4v) is 3.47. The average Bonchev–Trinajstić information content (AvgIpc) is 3.22. The van der Waals surface area contributed by atoms with E-state index >= 15 is 0 Å². The maximum absolute atomic E-state index is 13.4. The average molecular weight is 413 g/mol. The van der Waals surface area contributed by atoms with Gasteiger partial charge in [0.15, 0.2) is 6.10 Å². The molecule has 0 radical (unpaired) electrons. The van der Waals surface area contributed by atoms with E-state index in [4.69, 9.17) is 9.47 Å². The van der Waals surface area contributed by atoms with Gasteiger partial charge in [-0.2, -0.15) is 0 Å². The summed E-state index contributed by atoms with van der Waals surface area (Å²) in [6, 6.07) is 24.2. The van der Waals surface area contributed by atoms with E-state index in [1.165, 1.54) is 0 Å². The molecule has 1 atom stereocenters. The van der Waals surface area contributed by atoms with Crippen LogP contribution in [0.15, 0.2) is 85.1 Å². The summed E-state index contributed by atoms with van der Waals surface area (Å²) >= 11 is 0. The predicted octanol–water partition coefficient (Wildman–Crippen LogP) is 5.41. The molecule has 0 amide bonds. The molecular weight excluding hydrogens is 390 g/mol. The van der Waals surface area contributed by atoms with Crippen LogP contribution < -0.4 is 4.74 Å². The van der Waals surface area contributed by atoms with Gasteiger partial charge >= 0.3 is 5.97 Å². The number of aromatic amines is 1. The lowest BCUT2D eigenvalue weighted by atomic mass is 9.99. The molecule has 1 N–H and O–H groups in total. The van der Waals surface area contributed by atoms with Crippen molar-refractivity contribution >= 4 is 22.7 Å². The SMILES string of the molecule is Cc1cccc(OCCC(=O)OC(C(=O)c2c[nH]c3ccccc23)c2ccccc2)c1. The van der Waals surface area contributed by atoms with Gasteiger partial charge < -0.3 is 14.5 Å². The van der Waals surface area contributed by atoms with Crippen LogP contribution >= 0.6 is 0 Å². The number of esters is 1. The predicted molar refractivity (Wildman–Crippen MR) is 119 cm³/mol. The zero-order valence-electron chi connectivity index (χ0n) is 17.2. The minimum Gasteiger partial charge on any atom is -0.493 e. The summed E-state index contributed by atoms with van der Waals surface area (Å²) in [6.45, 7) is 2.15. The number of hydrogen-bond acceptors (Lipinski definition) is 4. The molecule has 0 saturated heterocycles. The van der Waals surface area contributed by atoms with Crippen LogP contribution in [0.25, 0.3) is 10.9 Å². The maximum atomic E-state index is 13.4. The molecule has 0 bridgehead atoms. The van der Waals surface area contributed by atoms with Crippen LogP contribution in [-0.2, 0) is 9.53 Å². The Balaban J connectivity index is 1.49. The number of fused-ring (bicyclic) bond motifs is 1. The third-order valence-corrected chi connectivity index (χ3v) is 5.01. The number of Topliss-reactive ketones (excluding diaryl/α,β-unsaturated/α-hetero) is 1. The van der Waals surface area contributed by atoms with Crippen molar-refractivity contribution in [2.24, 2.45) is 0 Å². The largest absolute Gasteiger partial charge is 0.493 e. The third-order valence-electron chi connectivity index (χ3n) is 5.01. The van der Waals surface area contributed by atoms with Crippen LogP contribution in [0.2, 0.25) is 0 Å². The number of ketones is 1. The Morgan fingerprint density at radius 3 is 2.52 bits per heavy atom. The van der Waals surface area contributed by atoms with E-state index < -0.39 is 12.1 Å². The monoisotopic (exact) mass is 413 g/mol. The van der Waals surface area contributed by atoms with E-state index in [1.54, 1.807) is 18.3 Å². The van der Waals surface area contributed by atoms with Gasteiger partial charge in [-0.3, -0.25) is 9.59 Å². The van der Waals surface area contributed by atoms with E-state index in [1.807, 2.05) is 73.7 Å². The summed E-state index contributed by atoms with van der Waals surface area (Å²) in [5.41, 5.74) is 3.06. The minimum atomic E-state index is -1.02. The third kappa shape index (κ3) is 4.83. The highest BCUT2D eigenvalue weighted by Gasteiger charge is 2.28. The lowest BCUT2D eigenvalue weighted by Gasteiger charge is -2.17. The number of H-pyrrole nitrogens is 1. The normalized spacial score (nSPS) is 11.8. The standard InChI is InChI=1S/C26H23NO4/c1-18-8-7-11-20(16-18)30-15-14-24(28)31-26(19-9-3-2-4-10-19)25(29)22-17-27-23-13-6-5-12-21(22)23/h2-13,16-17,26-27H,14-15H2,1H3. The molecule has 1 heterocycles. The van der Waals surface area contributed by atoms with Gasteiger partial charge in [-0.1, -0.05) is 60.7 Å². The smallest absolute Gasteiger partial charge is 0.310 e. The molecule has 1 unspecified atom stereocenters. The zero-order valence-corrected chi connectivity index (χ0v) is 17.2. The lowest BCUT2D eigenvalue weighted by Crippen LogP contribution is -2.21. The molecule has 5 heteroatoms. The second-order valence-corrected chi connectivity index (χ2v) is 7.31. The summed E-state index contributed by atoms with van der Waals surface area (Å²) in [4.78, 5) is 29.0. The Morgan fingerprint density at radius 1 is 0.935 bits per heavy atom. The van der Waals surface area contributed by atoms with Gasteiger partial charge in [0.2, 0.25) is 5.78 Å². The van der Waals surface area contributed by atoms with Gasteiger partial charge in [-0.05, 0) is 30.7 Å². The first-order valence-electron chi connectivity index (χ1n) is 10.2. The Bertz CT molecular complexity index is 1200. The Morgan fingerprint density at radius 2 is 1.71 bits per heavy atom. The van der Waals surface area contributed by atoms with Crippen LogP contribution in [0.3, 0.4) is 0 Å². The molecule has 0 aliphatic heterocycles. The van der Waals surface area contributed by atoms with Crippen molar-refractivity contribution in [1.82, 2.24) is 4.98 Å². The van der Waals surface area contributed by atoms with Gasteiger partial charge in [0.25, 0.3) is 0 Å². The number of aryl methyl sites for hydroxylation is 1. The highest BCUT2D eigenvalue weighted by Crippen LogP contribution is 2.27. The van der Waals surface area contributed by atoms with Crippen LogP contribution in [0, 0.1) is 6.92 Å². The summed E-state index contributed by atoms with van der Waals surface area (Å²) in [6.07, 6.45) is 0.683. The molecular formula is C26H23NO4. The van der Waals surface area contributed by atoms with E-state index in [9.17, 15) is 9.59 Å². The first-order valence-corrected chi connectivity index (χ1v) is 10.2. The molecule has 0 aliphatic rings. The van der Waals surface area contributed by atoms with Crippen molar-refractivity contribution in [1.29, 1.82) is 0 Å². The fourth-order valence-electron chi connectivity index (χ4n) is 3.47. The number of hydrogen-bond donors (Lipinski definition) is 1. The quantitative estimate of drug-likeness (QED) is 0.310. The molecule has 3 aromatic carbocycles. The van der Waals surface area contributed by atoms with Crippen molar-refractivity contribution in [3.05, 3.63) is 102 Å². The number of aromatic nitrogens is 1. The highest BCUT2D eigenvalue weighted by atomic mass is 16.5. The Kier molecular flexibility index (Phi) is 6.13. The van der Waals surface area contributed by atoms with E-state index in [0.717, 1.165) is 16.5 Å². The van der Waals surface area contributed by atoms with Gasteiger partial charge in [-0.25, -0.2) is 0 Å². The summed E-state index contributed by atoms with van der Waals surface area (Å²) in [7, 11) is 0. The fraction of sp³-hybridized carbons (Fsp3) is 0.154. The number of nitrogens with one attached hydrogen (secondary N) is 1. The van der Waals surface area contributed by atoms with Gasteiger partial charge in [0.1, 0.15) is 5.75 Å². The maximum Gasteiger partial charge on any atom is 0.310 e. The number of benzene rings is 3. The topological polar surface area (TPSA) is 68.4 Å². The van der Waals surface area contributed by atoms with E-state index in [2.05, 4.69) is 4.98 Å². The number of rotatable bonds is 8. The minimum absolute atomic E-state index is 0.0401. The van der Waals surface area contributed by atoms with Crippen molar-refractivity contribution < 1.29 is 19.1 Å². The molecule has 31 heavy (non-hydrogen) atoms. The molecule has 0 aliphatic carbocycles. The summed E-state index contributed by atoms with van der Waals surface area (Å²) in [5, 5.41) is 0.798. The lowest BCUT2D eigenvalue weighted by molar-refractivity contribution is -0.147. The molecule has 5 nitrogen and oxygen atoms in total. The van der Waals surface area contributed by atoms with Crippen LogP contribution in [0.5, 0.6) is 5.75 Å². The van der Waals surface area contributed by atoms with Gasteiger partial charge in [0.05, 0.1) is 13.0 Å². The Hall–Kier alpha value is -3.86. The first kappa shape index (κ1) is 20.4. The number of ether oxygens (including phenoxy) is 2. The highest BCUT2D eigenvalue weighted by molar-refractivity contribution is 6.10. The summed E-state index contributed by atoms with van der Waals surface area (Å²) in [5.74, 6) is -0.0615. The molecule has 4 rings (SSSR count). The van der Waals surface area contributed by atoms with Crippen molar-refractivity contribution in [3.8, 4) is 5.75 Å². The van der Waals surface area contributed by atoms with Crippen LogP contribution in [-0.4, -0.2) is 23.3 Å². The molecule has 0 saturated carbocycles. The van der Waals surface area contributed by atoms with Crippen molar-refractivity contribution in [2.45, 2.75) is 19.4 Å². The molecule has 0 fully saturated rings. The zero-order chi connectivity index (χ0) is 21.6. The summed E-state index contributed by atoms with van der Waals surface area (Å²) < 4.78 is 11.3. The van der Waals surface area contributed by atoms with E-state index in [-0.39, 0.29) is 18.8 Å². The molecule has 1 aromatic heterocycles. The number of carbonyl (C=O) groups excluding carboxylic acids is 2. The second-order valence-electron chi connectivity index (χ2n) is 7.31. The first-order chi connectivity index (χ1) is 15.1. The van der Waals surface area contributed by atoms with Crippen LogP contribution in [0.4, 0.5) is 0 Å². The second kappa shape index (κ2) is 9.30. The number of carbonyl (C=O) groups is 2.